The number of nitrogens with zero attached hydrogens (tertiary/aromatic N) is 1. The van der Waals surface area contributed by atoms with E-state index in [1.807, 2.05) is 42.5 Å². The van der Waals surface area contributed by atoms with Gasteiger partial charge in [0.25, 0.3) is 0 Å². The molecule has 3 aromatic rings. The summed E-state index contributed by atoms with van der Waals surface area (Å²) in [7, 11) is 0. The Bertz CT molecular complexity index is 714. The summed E-state index contributed by atoms with van der Waals surface area (Å²) in [5, 5.41) is 7.37. The van der Waals surface area contributed by atoms with E-state index in [9.17, 15) is 0 Å². The molecule has 0 aliphatic carbocycles. The van der Waals surface area contributed by atoms with Crippen molar-refractivity contribution in [3.63, 3.8) is 0 Å². The minimum Gasteiger partial charge on any atom is -0.384 e. The molecule has 3 rings (SSSR count). The predicted octanol–water partition coefficient (Wildman–Crippen LogP) is 3.87. The number of amidine groups is 1. The zero-order valence-corrected chi connectivity index (χ0v) is 12.3. The van der Waals surface area contributed by atoms with Crippen LogP contribution in [0.25, 0.3) is 10.2 Å². The van der Waals surface area contributed by atoms with Crippen LogP contribution in [0.2, 0.25) is 0 Å². The molecule has 0 unspecified atom stereocenters. The second-order valence-electron chi connectivity index (χ2n) is 4.35. The molecule has 0 atom stereocenters. The van der Waals surface area contributed by atoms with Crippen molar-refractivity contribution in [1.29, 1.82) is 5.41 Å². The summed E-state index contributed by atoms with van der Waals surface area (Å²) in [6, 6.07) is 16.0. The SMILES string of the molecule is N=C(N)c1ccc(CSc2nc3ccccc3s2)cc1. The fourth-order valence-electron chi connectivity index (χ4n) is 1.84. The van der Waals surface area contributed by atoms with Crippen LogP contribution in [0.15, 0.2) is 52.9 Å². The lowest BCUT2D eigenvalue weighted by Crippen LogP contribution is -2.10. The van der Waals surface area contributed by atoms with Crippen molar-refractivity contribution in [2.24, 2.45) is 5.73 Å². The van der Waals surface area contributed by atoms with Crippen LogP contribution in [0.1, 0.15) is 11.1 Å². The summed E-state index contributed by atoms with van der Waals surface area (Å²) >= 11 is 3.46. The maximum atomic E-state index is 7.37. The van der Waals surface area contributed by atoms with Gasteiger partial charge in [0.1, 0.15) is 5.84 Å². The third-order valence-corrected chi connectivity index (χ3v) is 5.15. The van der Waals surface area contributed by atoms with Gasteiger partial charge < -0.3 is 5.73 Å². The summed E-state index contributed by atoms with van der Waals surface area (Å²) in [6.07, 6.45) is 0. The number of hydrogen-bond acceptors (Lipinski definition) is 4. The molecule has 0 radical (unpaired) electrons. The number of fused-ring (bicyclic) bond motifs is 1. The van der Waals surface area contributed by atoms with Gasteiger partial charge in [0.2, 0.25) is 0 Å². The minimum atomic E-state index is 0.107. The van der Waals surface area contributed by atoms with E-state index >= 15 is 0 Å². The molecule has 20 heavy (non-hydrogen) atoms. The highest BCUT2D eigenvalue weighted by molar-refractivity contribution is 8.00. The smallest absolute Gasteiger partial charge is 0.151 e. The molecule has 100 valence electrons. The molecule has 0 aliphatic heterocycles. The molecule has 0 saturated carbocycles. The maximum Gasteiger partial charge on any atom is 0.151 e. The van der Waals surface area contributed by atoms with Crippen LogP contribution in [0.4, 0.5) is 0 Å². The molecule has 0 aliphatic rings. The topological polar surface area (TPSA) is 62.8 Å². The Kier molecular flexibility index (Phi) is 3.71. The predicted molar refractivity (Wildman–Crippen MR) is 86.6 cm³/mol. The molecule has 3 nitrogen and oxygen atoms in total. The van der Waals surface area contributed by atoms with E-state index in [-0.39, 0.29) is 5.84 Å². The van der Waals surface area contributed by atoms with Gasteiger partial charge in [-0.3, -0.25) is 5.41 Å². The lowest BCUT2D eigenvalue weighted by Gasteiger charge is -2.01. The molecular weight excluding hydrogens is 286 g/mol. The number of nitrogens with two attached hydrogens (primary N) is 1. The first-order valence-electron chi connectivity index (χ1n) is 6.14. The lowest BCUT2D eigenvalue weighted by molar-refractivity contribution is 1.29. The highest BCUT2D eigenvalue weighted by Crippen LogP contribution is 2.31. The number of para-hydroxylation sites is 1. The number of benzene rings is 2. The van der Waals surface area contributed by atoms with Crippen LogP contribution in [0.3, 0.4) is 0 Å². The second-order valence-corrected chi connectivity index (χ2v) is 6.60. The van der Waals surface area contributed by atoms with Gasteiger partial charge in [0, 0.05) is 11.3 Å². The van der Waals surface area contributed by atoms with E-state index in [2.05, 4.69) is 11.1 Å². The van der Waals surface area contributed by atoms with Gasteiger partial charge in [0.05, 0.1) is 10.2 Å². The van der Waals surface area contributed by atoms with Crippen LogP contribution >= 0.6 is 23.1 Å². The van der Waals surface area contributed by atoms with Crippen molar-refractivity contribution >= 4 is 39.2 Å². The van der Waals surface area contributed by atoms with Gasteiger partial charge in [-0.2, -0.15) is 0 Å². The van der Waals surface area contributed by atoms with E-state index in [0.29, 0.717) is 0 Å². The summed E-state index contributed by atoms with van der Waals surface area (Å²) in [5.41, 5.74) is 8.47. The van der Waals surface area contributed by atoms with Crippen LogP contribution < -0.4 is 5.73 Å². The van der Waals surface area contributed by atoms with Crippen LogP contribution in [-0.4, -0.2) is 10.8 Å². The van der Waals surface area contributed by atoms with Gasteiger partial charge in [-0.15, -0.1) is 11.3 Å². The molecule has 5 heteroatoms. The Morgan fingerprint density at radius 3 is 2.60 bits per heavy atom. The van der Waals surface area contributed by atoms with Gasteiger partial charge in [-0.1, -0.05) is 48.2 Å². The van der Waals surface area contributed by atoms with Crippen LogP contribution in [-0.2, 0) is 5.75 Å². The first-order valence-corrected chi connectivity index (χ1v) is 7.94. The van der Waals surface area contributed by atoms with Gasteiger partial charge in [-0.05, 0) is 17.7 Å². The molecule has 0 bridgehead atoms. The fraction of sp³-hybridized carbons (Fsp3) is 0.0667. The summed E-state index contributed by atoms with van der Waals surface area (Å²) in [4.78, 5) is 4.60. The van der Waals surface area contributed by atoms with Crippen molar-refractivity contribution in [3.8, 4) is 0 Å². The maximum absolute atomic E-state index is 7.37. The number of hydrogen-bond donors (Lipinski definition) is 2. The van der Waals surface area contributed by atoms with Crippen molar-refractivity contribution in [2.45, 2.75) is 10.1 Å². The Morgan fingerprint density at radius 2 is 1.90 bits per heavy atom. The number of nitrogens with one attached hydrogen (secondary N) is 1. The first-order chi connectivity index (χ1) is 9.72. The van der Waals surface area contributed by atoms with Gasteiger partial charge >= 0.3 is 0 Å². The van der Waals surface area contributed by atoms with Crippen LogP contribution in [0, 0.1) is 5.41 Å². The van der Waals surface area contributed by atoms with Gasteiger partial charge in [-0.25, -0.2) is 4.98 Å². The third kappa shape index (κ3) is 2.84. The number of rotatable bonds is 4. The monoisotopic (exact) mass is 299 g/mol. The van der Waals surface area contributed by atoms with Crippen molar-refractivity contribution < 1.29 is 0 Å². The molecule has 1 aromatic heterocycles. The zero-order valence-electron chi connectivity index (χ0n) is 10.7. The molecule has 0 fully saturated rings. The highest BCUT2D eigenvalue weighted by Gasteiger charge is 2.04. The Labute approximate surface area is 125 Å². The average Bonchev–Trinajstić information content (AvgIpc) is 2.88. The summed E-state index contributed by atoms with van der Waals surface area (Å²) < 4.78 is 2.31. The van der Waals surface area contributed by atoms with E-state index in [1.54, 1.807) is 23.1 Å². The lowest BCUT2D eigenvalue weighted by atomic mass is 10.1. The van der Waals surface area contributed by atoms with Crippen LogP contribution in [0.5, 0.6) is 0 Å². The highest BCUT2D eigenvalue weighted by atomic mass is 32.2. The average molecular weight is 299 g/mol. The number of thiazole rings is 1. The second kappa shape index (κ2) is 5.64. The first kappa shape index (κ1) is 13.1. The standard InChI is InChI=1S/C15H13N3S2/c16-14(17)11-7-5-10(6-8-11)9-19-15-18-12-3-1-2-4-13(12)20-15/h1-8H,9H2,(H3,16,17). The number of nitrogen functional groups attached to an aromatic ring is 1. The molecular formula is C15H13N3S2. The molecule has 2 aromatic carbocycles. The van der Waals surface area contributed by atoms with E-state index in [1.165, 1.54) is 10.3 Å². The summed E-state index contributed by atoms with van der Waals surface area (Å²) in [5.74, 6) is 0.980. The minimum absolute atomic E-state index is 0.107. The Hall–Kier alpha value is -1.85. The van der Waals surface area contributed by atoms with E-state index < -0.39 is 0 Å². The summed E-state index contributed by atoms with van der Waals surface area (Å²) in [6.45, 7) is 0. The Morgan fingerprint density at radius 1 is 1.15 bits per heavy atom. The van der Waals surface area contributed by atoms with Gasteiger partial charge in [0.15, 0.2) is 4.34 Å². The largest absolute Gasteiger partial charge is 0.384 e. The third-order valence-electron chi connectivity index (χ3n) is 2.90. The van der Waals surface area contributed by atoms with Crippen molar-refractivity contribution in [3.05, 3.63) is 59.7 Å². The molecule has 0 amide bonds. The fourth-order valence-corrected chi connectivity index (χ4v) is 3.86. The van der Waals surface area contributed by atoms with E-state index in [4.69, 9.17) is 11.1 Å². The Balaban J connectivity index is 1.71. The quantitative estimate of drug-likeness (QED) is 0.436. The zero-order chi connectivity index (χ0) is 13.9. The number of aromatic nitrogens is 1. The van der Waals surface area contributed by atoms with Crippen molar-refractivity contribution in [2.75, 3.05) is 0 Å². The molecule has 1 heterocycles. The normalized spacial score (nSPS) is 10.8. The number of thioether (sulfide) groups is 1. The molecule has 3 N–H and O–H groups in total. The van der Waals surface area contributed by atoms with Crippen molar-refractivity contribution in [1.82, 2.24) is 4.98 Å². The molecule has 0 saturated heterocycles. The molecule has 0 spiro atoms. The van der Waals surface area contributed by atoms with E-state index in [0.717, 1.165) is 21.2 Å².